The highest BCUT2D eigenvalue weighted by atomic mass is 16.3. The number of fused-ring (bicyclic) bond motifs is 8. The molecule has 286 valence electrons. The Morgan fingerprint density at radius 1 is 0.311 bits per heavy atom. The molecule has 0 aliphatic rings. The van der Waals surface area contributed by atoms with Crippen LogP contribution in [0, 0.1) is 0 Å². The summed E-state index contributed by atoms with van der Waals surface area (Å²) in [7, 11) is 0. The number of anilines is 3. The number of rotatable bonds is 7. The first-order chi connectivity index (χ1) is 30.2. The van der Waals surface area contributed by atoms with Gasteiger partial charge in [-0.25, -0.2) is 0 Å². The molecule has 12 aromatic rings. The van der Waals surface area contributed by atoms with E-state index in [1.807, 2.05) is 0 Å². The molecule has 3 nitrogen and oxygen atoms in total. The van der Waals surface area contributed by atoms with Crippen molar-refractivity contribution in [2.75, 3.05) is 4.90 Å². The lowest BCUT2D eigenvalue weighted by Gasteiger charge is -2.27. The van der Waals surface area contributed by atoms with Crippen molar-refractivity contribution >= 4 is 71.6 Å². The number of hydrogen-bond donors (Lipinski definition) is 0. The summed E-state index contributed by atoms with van der Waals surface area (Å²) < 4.78 is 8.91. The van der Waals surface area contributed by atoms with Crippen LogP contribution in [0.15, 0.2) is 235 Å². The highest BCUT2D eigenvalue weighted by molar-refractivity contribution is 6.23. The summed E-state index contributed by atoms with van der Waals surface area (Å²) in [4.78, 5) is 2.36. The van der Waals surface area contributed by atoms with E-state index in [0.717, 1.165) is 50.3 Å². The van der Waals surface area contributed by atoms with Crippen molar-refractivity contribution in [2.45, 2.75) is 0 Å². The maximum absolute atomic E-state index is 6.54. The monoisotopic (exact) mass is 778 g/mol. The molecule has 12 rings (SSSR count). The Morgan fingerprint density at radius 2 is 0.770 bits per heavy atom. The minimum Gasteiger partial charge on any atom is -0.456 e. The minimum absolute atomic E-state index is 0.868. The molecule has 0 fully saturated rings. The maximum Gasteiger partial charge on any atom is 0.137 e. The van der Waals surface area contributed by atoms with Crippen LogP contribution in [-0.2, 0) is 0 Å². The van der Waals surface area contributed by atoms with Gasteiger partial charge in [-0.05, 0) is 111 Å². The van der Waals surface area contributed by atoms with Crippen molar-refractivity contribution in [3.05, 3.63) is 231 Å². The molecule has 0 saturated heterocycles. The van der Waals surface area contributed by atoms with Gasteiger partial charge in [-0.15, -0.1) is 0 Å². The van der Waals surface area contributed by atoms with Crippen LogP contribution < -0.4 is 4.90 Å². The predicted octanol–water partition coefficient (Wildman–Crippen LogP) is 16.3. The fourth-order valence-electron chi connectivity index (χ4n) is 9.28. The first-order valence-electron chi connectivity index (χ1n) is 20.8. The summed E-state index contributed by atoms with van der Waals surface area (Å²) in [5.74, 6) is 0. The van der Waals surface area contributed by atoms with Gasteiger partial charge in [-0.1, -0.05) is 164 Å². The second-order valence-corrected chi connectivity index (χ2v) is 15.7. The minimum atomic E-state index is 0.868. The molecule has 0 N–H and O–H groups in total. The van der Waals surface area contributed by atoms with Crippen LogP contribution in [-0.4, -0.2) is 4.57 Å². The van der Waals surface area contributed by atoms with Crippen molar-refractivity contribution in [3.8, 4) is 39.1 Å². The number of aromatic nitrogens is 1. The molecule has 0 amide bonds. The van der Waals surface area contributed by atoms with E-state index in [-0.39, 0.29) is 0 Å². The van der Waals surface area contributed by atoms with Gasteiger partial charge < -0.3 is 13.9 Å². The second kappa shape index (κ2) is 14.3. The van der Waals surface area contributed by atoms with Crippen molar-refractivity contribution < 1.29 is 4.42 Å². The fraction of sp³-hybridized carbons (Fsp3) is 0. The average molecular weight is 779 g/mol. The van der Waals surface area contributed by atoms with Gasteiger partial charge in [0.25, 0.3) is 0 Å². The number of hydrogen-bond acceptors (Lipinski definition) is 2. The molecule has 2 heterocycles. The molecular weight excluding hydrogens is 741 g/mol. The molecule has 0 bridgehead atoms. The molecule has 0 atom stereocenters. The summed E-state index contributed by atoms with van der Waals surface area (Å²) >= 11 is 0. The Morgan fingerprint density at radius 3 is 1.36 bits per heavy atom. The largest absolute Gasteiger partial charge is 0.456 e. The van der Waals surface area contributed by atoms with Crippen molar-refractivity contribution in [1.29, 1.82) is 0 Å². The van der Waals surface area contributed by atoms with Gasteiger partial charge >= 0.3 is 0 Å². The Balaban J connectivity index is 0.898. The van der Waals surface area contributed by atoms with E-state index in [0.29, 0.717) is 0 Å². The number of benzene rings is 10. The van der Waals surface area contributed by atoms with E-state index in [1.54, 1.807) is 0 Å². The third-order valence-corrected chi connectivity index (χ3v) is 12.2. The Kier molecular flexibility index (Phi) is 8.17. The van der Waals surface area contributed by atoms with E-state index < -0.39 is 0 Å². The van der Waals surface area contributed by atoms with Crippen LogP contribution in [0.3, 0.4) is 0 Å². The van der Waals surface area contributed by atoms with Crippen molar-refractivity contribution in [3.63, 3.8) is 0 Å². The molecule has 0 aliphatic heterocycles. The molecule has 2 aromatic heterocycles. The molecule has 0 aliphatic carbocycles. The third kappa shape index (κ3) is 5.90. The number of furan rings is 1. The zero-order valence-corrected chi connectivity index (χ0v) is 33.2. The van der Waals surface area contributed by atoms with Crippen LogP contribution in [0.2, 0.25) is 0 Å². The fourth-order valence-corrected chi connectivity index (χ4v) is 9.28. The van der Waals surface area contributed by atoms with Gasteiger partial charge in [-0.3, -0.25) is 0 Å². The molecule has 10 aromatic carbocycles. The van der Waals surface area contributed by atoms with Crippen LogP contribution in [0.5, 0.6) is 0 Å². The Bertz CT molecular complexity index is 3490. The van der Waals surface area contributed by atoms with Gasteiger partial charge in [0.15, 0.2) is 0 Å². The predicted molar refractivity (Wildman–Crippen MR) is 257 cm³/mol. The van der Waals surface area contributed by atoms with Gasteiger partial charge in [0.05, 0.1) is 22.1 Å². The average Bonchev–Trinajstić information content (AvgIpc) is 3.89. The summed E-state index contributed by atoms with van der Waals surface area (Å²) in [6.07, 6.45) is 0. The summed E-state index contributed by atoms with van der Waals surface area (Å²) in [6.45, 7) is 0. The van der Waals surface area contributed by atoms with E-state index >= 15 is 0 Å². The molecule has 3 heteroatoms. The topological polar surface area (TPSA) is 21.3 Å². The summed E-state index contributed by atoms with van der Waals surface area (Å²) in [6, 6.07) is 82.8. The molecule has 0 radical (unpaired) electrons. The van der Waals surface area contributed by atoms with E-state index in [2.05, 4.69) is 240 Å². The third-order valence-electron chi connectivity index (χ3n) is 12.2. The second-order valence-electron chi connectivity index (χ2n) is 15.7. The smallest absolute Gasteiger partial charge is 0.137 e. The highest BCUT2D eigenvalue weighted by Crippen LogP contribution is 2.45. The standard InChI is InChI=1S/C58H38N2O/c1-2-11-39(12-3-1)42-25-32-46(33-26-42)59(54-19-10-20-55-58(54)57-49-14-5-4-13-45(49)31-38-56(57)61-55)47-34-27-43(28-35-47)40-21-23-41(24-22-40)44-29-36-48(37-30-44)60-52-17-8-6-15-50(52)51-16-7-9-18-53(51)60/h1-38H. The van der Waals surface area contributed by atoms with Crippen LogP contribution in [0.4, 0.5) is 17.1 Å². The zero-order valence-electron chi connectivity index (χ0n) is 33.2. The Hall–Kier alpha value is -8.14. The molecule has 0 spiro atoms. The van der Waals surface area contributed by atoms with Crippen LogP contribution >= 0.6 is 0 Å². The molecule has 0 saturated carbocycles. The SMILES string of the molecule is c1ccc(-c2ccc(N(c3ccc(-c4ccc(-c5ccc(-n6c7ccccc7c7ccccc76)cc5)cc4)cc3)c3cccc4oc5ccc6ccccc6c5c34)cc2)cc1. The quantitative estimate of drug-likeness (QED) is 0.161. The first kappa shape index (κ1) is 34.9. The molecule has 61 heavy (non-hydrogen) atoms. The van der Waals surface area contributed by atoms with E-state index in [9.17, 15) is 0 Å². The summed E-state index contributed by atoms with van der Waals surface area (Å²) in [5.41, 5.74) is 15.6. The molecular formula is C58H38N2O. The summed E-state index contributed by atoms with van der Waals surface area (Å²) in [5, 5.41) is 7.15. The van der Waals surface area contributed by atoms with Crippen molar-refractivity contribution in [1.82, 2.24) is 4.57 Å². The zero-order chi connectivity index (χ0) is 40.3. The lowest BCUT2D eigenvalue weighted by Crippen LogP contribution is -2.10. The maximum atomic E-state index is 6.54. The highest BCUT2D eigenvalue weighted by Gasteiger charge is 2.21. The van der Waals surface area contributed by atoms with Crippen LogP contribution in [0.25, 0.3) is 93.6 Å². The number of para-hydroxylation sites is 2. The van der Waals surface area contributed by atoms with Crippen molar-refractivity contribution in [2.24, 2.45) is 0 Å². The lowest BCUT2D eigenvalue weighted by molar-refractivity contribution is 0.669. The first-order valence-corrected chi connectivity index (χ1v) is 20.8. The van der Waals surface area contributed by atoms with Gasteiger partial charge in [0, 0.05) is 33.2 Å². The van der Waals surface area contributed by atoms with Gasteiger partial charge in [0.1, 0.15) is 11.2 Å². The Labute approximate surface area is 353 Å². The molecule has 0 unspecified atom stereocenters. The van der Waals surface area contributed by atoms with Gasteiger partial charge in [-0.2, -0.15) is 0 Å². The van der Waals surface area contributed by atoms with E-state index in [1.165, 1.54) is 60.4 Å². The van der Waals surface area contributed by atoms with Crippen LogP contribution in [0.1, 0.15) is 0 Å². The van der Waals surface area contributed by atoms with E-state index in [4.69, 9.17) is 4.42 Å². The van der Waals surface area contributed by atoms with Gasteiger partial charge in [0.2, 0.25) is 0 Å². The lowest BCUT2D eigenvalue weighted by atomic mass is 9.99. The number of nitrogens with zero attached hydrogens (tertiary/aromatic N) is 2. The normalized spacial score (nSPS) is 11.6.